The van der Waals surface area contributed by atoms with Gasteiger partial charge in [-0.2, -0.15) is 0 Å². The number of aromatic nitrogens is 2. The molecular formula is C18H15FN4O2S2. The van der Waals surface area contributed by atoms with Gasteiger partial charge in [0, 0.05) is 6.20 Å². The van der Waals surface area contributed by atoms with E-state index in [4.69, 9.17) is 17.3 Å². The van der Waals surface area contributed by atoms with Gasteiger partial charge in [-0.25, -0.2) is 14.4 Å². The highest BCUT2D eigenvalue weighted by atomic mass is 32.1. The normalized spacial score (nSPS) is 11.6. The summed E-state index contributed by atoms with van der Waals surface area (Å²) in [4.78, 5) is 20.7. The Hall–Kier alpha value is -2.91. The lowest BCUT2D eigenvalue weighted by Gasteiger charge is -2.19. The molecule has 0 radical (unpaired) electrons. The summed E-state index contributed by atoms with van der Waals surface area (Å²) in [5, 5.41) is 17.1. The molecule has 0 aliphatic rings. The molecule has 0 saturated heterocycles. The molecule has 0 amide bonds. The first kappa shape index (κ1) is 18.9. The fraction of sp³-hybridized carbons (Fsp3) is 0.111. The maximum Gasteiger partial charge on any atom is 0.305 e. The SMILES string of the molecule is O=C(O)CC(NC(=S)Nc1nccc(-c2cccs2)n1)c1ccc(F)cc1. The lowest BCUT2D eigenvalue weighted by atomic mass is 10.0. The van der Waals surface area contributed by atoms with Gasteiger partial charge in [-0.3, -0.25) is 4.79 Å². The van der Waals surface area contributed by atoms with E-state index in [1.54, 1.807) is 23.6 Å². The molecule has 138 valence electrons. The molecule has 0 aliphatic heterocycles. The Kier molecular flexibility index (Phi) is 6.05. The molecule has 0 saturated carbocycles. The minimum Gasteiger partial charge on any atom is -0.481 e. The Morgan fingerprint density at radius 1 is 1.26 bits per heavy atom. The maximum absolute atomic E-state index is 13.1. The maximum atomic E-state index is 13.1. The summed E-state index contributed by atoms with van der Waals surface area (Å²) >= 11 is 6.82. The first-order valence-corrected chi connectivity index (χ1v) is 9.22. The van der Waals surface area contributed by atoms with Gasteiger partial charge in [-0.1, -0.05) is 18.2 Å². The van der Waals surface area contributed by atoms with E-state index in [1.807, 2.05) is 17.5 Å². The van der Waals surface area contributed by atoms with Gasteiger partial charge in [0.05, 0.1) is 23.0 Å². The number of anilines is 1. The summed E-state index contributed by atoms with van der Waals surface area (Å²) < 4.78 is 13.1. The monoisotopic (exact) mass is 402 g/mol. The van der Waals surface area contributed by atoms with E-state index >= 15 is 0 Å². The quantitative estimate of drug-likeness (QED) is 0.540. The fourth-order valence-corrected chi connectivity index (χ4v) is 3.33. The molecule has 3 rings (SSSR count). The van der Waals surface area contributed by atoms with Crippen LogP contribution in [0.3, 0.4) is 0 Å². The highest BCUT2D eigenvalue weighted by Crippen LogP contribution is 2.23. The summed E-state index contributed by atoms with van der Waals surface area (Å²) in [5.74, 6) is -1.10. The summed E-state index contributed by atoms with van der Waals surface area (Å²) in [7, 11) is 0. The molecule has 1 atom stereocenters. The van der Waals surface area contributed by atoms with Gasteiger partial charge in [-0.05, 0) is 47.4 Å². The number of nitrogens with zero attached hydrogens (tertiary/aromatic N) is 2. The van der Waals surface area contributed by atoms with Gasteiger partial charge >= 0.3 is 5.97 Å². The van der Waals surface area contributed by atoms with E-state index in [9.17, 15) is 9.18 Å². The van der Waals surface area contributed by atoms with Crippen LogP contribution >= 0.6 is 23.6 Å². The van der Waals surface area contributed by atoms with Gasteiger partial charge in [0.25, 0.3) is 0 Å². The molecule has 0 aliphatic carbocycles. The van der Waals surface area contributed by atoms with E-state index in [1.165, 1.54) is 24.3 Å². The summed E-state index contributed by atoms with van der Waals surface area (Å²) in [6, 6.07) is 10.6. The first-order valence-electron chi connectivity index (χ1n) is 7.93. The standard InChI is InChI=1S/C18H15FN4O2S2/c19-12-5-3-11(4-6-12)14(10-16(24)25)22-18(26)23-17-20-8-7-13(21-17)15-2-1-9-27-15/h1-9,14H,10H2,(H,24,25)(H2,20,21,22,23,26). The molecule has 1 unspecified atom stereocenters. The van der Waals surface area contributed by atoms with Crippen LogP contribution in [-0.2, 0) is 4.79 Å². The number of aliphatic carboxylic acids is 1. The second-order valence-electron chi connectivity index (χ2n) is 5.54. The van der Waals surface area contributed by atoms with Crippen molar-refractivity contribution in [2.45, 2.75) is 12.5 Å². The number of carbonyl (C=O) groups is 1. The van der Waals surface area contributed by atoms with Crippen molar-refractivity contribution in [1.82, 2.24) is 15.3 Å². The van der Waals surface area contributed by atoms with Crippen LogP contribution in [0.2, 0.25) is 0 Å². The number of halogens is 1. The fourth-order valence-electron chi connectivity index (χ4n) is 2.40. The van der Waals surface area contributed by atoms with Crippen molar-refractivity contribution < 1.29 is 14.3 Å². The Morgan fingerprint density at radius 3 is 2.70 bits per heavy atom. The minimum absolute atomic E-state index is 0.175. The average molecular weight is 402 g/mol. The topological polar surface area (TPSA) is 87.1 Å². The van der Waals surface area contributed by atoms with Crippen molar-refractivity contribution in [1.29, 1.82) is 0 Å². The summed E-state index contributed by atoms with van der Waals surface area (Å²) in [6.45, 7) is 0. The van der Waals surface area contributed by atoms with Gasteiger partial charge in [0.1, 0.15) is 5.82 Å². The summed E-state index contributed by atoms with van der Waals surface area (Å²) in [5.41, 5.74) is 1.36. The molecule has 3 N–H and O–H groups in total. The van der Waals surface area contributed by atoms with Crippen LogP contribution < -0.4 is 10.6 Å². The zero-order valence-electron chi connectivity index (χ0n) is 13.9. The average Bonchev–Trinajstić information content (AvgIpc) is 3.16. The number of thiocarbonyl (C=S) groups is 1. The number of benzene rings is 1. The molecule has 2 aromatic heterocycles. The van der Waals surface area contributed by atoms with Crippen molar-refractivity contribution in [3.05, 3.63) is 65.4 Å². The number of nitrogens with one attached hydrogen (secondary N) is 2. The van der Waals surface area contributed by atoms with E-state index < -0.39 is 17.8 Å². The molecule has 2 heterocycles. The first-order chi connectivity index (χ1) is 13.0. The Balaban J connectivity index is 1.71. The molecule has 3 aromatic rings. The number of hydrogen-bond acceptors (Lipinski definition) is 5. The Bertz CT molecular complexity index is 933. The minimum atomic E-state index is -1.00. The molecule has 6 nitrogen and oxygen atoms in total. The zero-order valence-corrected chi connectivity index (χ0v) is 15.6. The molecule has 0 fully saturated rings. The van der Waals surface area contributed by atoms with Crippen LogP contribution in [0.15, 0.2) is 54.0 Å². The van der Waals surface area contributed by atoms with E-state index in [2.05, 4.69) is 20.6 Å². The van der Waals surface area contributed by atoms with Gasteiger partial charge < -0.3 is 15.7 Å². The van der Waals surface area contributed by atoms with Gasteiger partial charge in [-0.15, -0.1) is 11.3 Å². The van der Waals surface area contributed by atoms with Crippen molar-refractivity contribution in [2.24, 2.45) is 0 Å². The van der Waals surface area contributed by atoms with Crippen LogP contribution in [-0.4, -0.2) is 26.2 Å². The van der Waals surface area contributed by atoms with E-state index in [-0.39, 0.29) is 11.5 Å². The molecular weight excluding hydrogens is 387 g/mol. The van der Waals surface area contributed by atoms with Crippen LogP contribution in [0, 0.1) is 5.82 Å². The van der Waals surface area contributed by atoms with Crippen LogP contribution in [0.4, 0.5) is 10.3 Å². The number of thiophene rings is 1. The number of carboxylic acid groups (broad SMARTS) is 1. The number of rotatable bonds is 6. The highest BCUT2D eigenvalue weighted by molar-refractivity contribution is 7.80. The molecule has 9 heteroatoms. The molecule has 0 bridgehead atoms. The van der Waals surface area contributed by atoms with Crippen molar-refractivity contribution in [2.75, 3.05) is 5.32 Å². The zero-order chi connectivity index (χ0) is 19.2. The molecule has 0 spiro atoms. The third-order valence-electron chi connectivity index (χ3n) is 3.61. The van der Waals surface area contributed by atoms with E-state index in [0.717, 1.165) is 10.6 Å². The second kappa shape index (κ2) is 8.65. The van der Waals surface area contributed by atoms with Gasteiger partial charge in [0.15, 0.2) is 5.11 Å². The van der Waals surface area contributed by atoms with Crippen LogP contribution in [0.25, 0.3) is 10.6 Å². The summed E-state index contributed by atoms with van der Waals surface area (Å²) in [6.07, 6.45) is 1.39. The third-order valence-corrected chi connectivity index (χ3v) is 4.72. The lowest BCUT2D eigenvalue weighted by Crippen LogP contribution is -2.34. The van der Waals surface area contributed by atoms with Crippen molar-refractivity contribution in [3.8, 4) is 10.6 Å². The lowest BCUT2D eigenvalue weighted by molar-refractivity contribution is -0.137. The van der Waals surface area contributed by atoms with Crippen molar-refractivity contribution in [3.63, 3.8) is 0 Å². The third kappa shape index (κ3) is 5.28. The number of carboxylic acids is 1. The predicted molar refractivity (Wildman–Crippen MR) is 106 cm³/mol. The molecule has 1 aromatic carbocycles. The Labute approximate surface area is 164 Å². The highest BCUT2D eigenvalue weighted by Gasteiger charge is 2.17. The smallest absolute Gasteiger partial charge is 0.305 e. The second-order valence-corrected chi connectivity index (χ2v) is 6.90. The van der Waals surface area contributed by atoms with Crippen molar-refractivity contribution >= 4 is 40.6 Å². The van der Waals surface area contributed by atoms with E-state index in [0.29, 0.717) is 11.5 Å². The predicted octanol–water partition coefficient (Wildman–Crippen LogP) is 3.85. The Morgan fingerprint density at radius 2 is 2.04 bits per heavy atom. The molecule has 27 heavy (non-hydrogen) atoms. The van der Waals surface area contributed by atoms with Crippen LogP contribution in [0.1, 0.15) is 18.0 Å². The van der Waals surface area contributed by atoms with Gasteiger partial charge in [0.2, 0.25) is 5.95 Å². The van der Waals surface area contributed by atoms with Crippen LogP contribution in [0.5, 0.6) is 0 Å². The number of hydrogen-bond donors (Lipinski definition) is 3. The largest absolute Gasteiger partial charge is 0.481 e.